The predicted molar refractivity (Wildman–Crippen MR) is 26.4 cm³/mol. The summed E-state index contributed by atoms with van der Waals surface area (Å²) in [7, 11) is -3.74. The van der Waals surface area contributed by atoms with Gasteiger partial charge in [0.25, 0.3) is 10.1 Å². The Hall–Kier alpha value is 0.507. The molecule has 0 aliphatic rings. The van der Waals surface area contributed by atoms with Crippen LogP contribution in [-0.2, 0) is 10.1 Å². The van der Waals surface area contributed by atoms with E-state index >= 15 is 0 Å². The van der Waals surface area contributed by atoms with Gasteiger partial charge in [-0.2, -0.15) is 14.8 Å². The van der Waals surface area contributed by atoms with Gasteiger partial charge in [-0.3, -0.25) is 4.55 Å². The first-order valence-electron chi connectivity index (χ1n) is 1.80. The fraction of sp³-hybridized carbons (Fsp3) is 0.667. The second-order valence-corrected chi connectivity index (χ2v) is 2.71. The maximum absolute atomic E-state index is 9.75. The van der Waals surface area contributed by atoms with Crippen molar-refractivity contribution in [2.45, 2.75) is 6.42 Å². The zero-order chi connectivity index (χ0) is 5.91. The van der Waals surface area contributed by atoms with Crippen molar-refractivity contribution in [3.8, 4) is 0 Å². The van der Waals surface area contributed by atoms with E-state index in [0.717, 1.165) is 0 Å². The van der Waals surface area contributed by atoms with Crippen LogP contribution in [-0.4, -0.2) is 18.7 Å². The molecule has 0 aliphatic heterocycles. The maximum atomic E-state index is 9.75. The van der Waals surface area contributed by atoms with Crippen molar-refractivity contribution < 1.29 is 31.8 Å². The van der Waals surface area contributed by atoms with Gasteiger partial charge in [0, 0.05) is 5.75 Å². The van der Waals surface area contributed by atoms with E-state index < -0.39 is 10.1 Å². The van der Waals surface area contributed by atoms with E-state index in [1.165, 1.54) is 0 Å². The molecule has 0 aliphatic carbocycles. The number of hydrogen-bond donors (Lipinski definition) is 1. The first kappa shape index (κ1) is 11.3. The molecular weight excluding hydrogens is 123 g/mol. The van der Waals surface area contributed by atoms with Crippen molar-refractivity contribution in [1.29, 1.82) is 0 Å². The first-order chi connectivity index (χ1) is 3.06. The molecule has 0 unspecified atom stereocenters. The Balaban J connectivity index is 0. The van der Waals surface area contributed by atoms with E-state index in [9.17, 15) is 8.42 Å². The van der Waals surface area contributed by atoms with Crippen molar-refractivity contribution in [3.05, 3.63) is 6.92 Å². The van der Waals surface area contributed by atoms with Gasteiger partial charge in [0.2, 0.25) is 0 Å². The van der Waals surface area contributed by atoms with Gasteiger partial charge < -0.3 is 6.92 Å². The Bertz CT molecular complexity index is 127. The van der Waals surface area contributed by atoms with Gasteiger partial charge in [-0.05, 0) is 0 Å². The second kappa shape index (κ2) is 4.39. The minimum absolute atomic E-state index is 0. The molecule has 0 aromatic rings. The molecule has 0 heterocycles. The number of hydrogen-bond acceptors (Lipinski definition) is 2. The maximum Gasteiger partial charge on any atom is 1.00 e. The van der Waals surface area contributed by atoms with Crippen molar-refractivity contribution in [2.24, 2.45) is 0 Å². The van der Waals surface area contributed by atoms with Gasteiger partial charge in [0.1, 0.15) is 0 Å². The fourth-order valence-electron chi connectivity index (χ4n) is 0.182. The molecule has 0 spiro atoms. The van der Waals surface area contributed by atoms with Gasteiger partial charge in [-0.25, -0.2) is 0 Å². The van der Waals surface area contributed by atoms with Crippen LogP contribution in [0.1, 0.15) is 6.42 Å². The van der Waals surface area contributed by atoms with Crippen LogP contribution in [0.5, 0.6) is 0 Å². The summed E-state index contributed by atoms with van der Waals surface area (Å²) < 4.78 is 27.4. The van der Waals surface area contributed by atoms with Crippen LogP contribution in [0.3, 0.4) is 0 Å². The van der Waals surface area contributed by atoms with Gasteiger partial charge in [-0.1, -0.05) is 0 Å². The molecule has 0 atom stereocenters. The SMILES string of the molecule is [CH2-]CCS(=O)(=O)O.[Li+]. The van der Waals surface area contributed by atoms with Crippen molar-refractivity contribution >= 4 is 10.1 Å². The number of rotatable bonds is 2. The molecule has 5 heteroatoms. The van der Waals surface area contributed by atoms with Gasteiger partial charge in [-0.15, -0.1) is 0 Å². The summed E-state index contributed by atoms with van der Waals surface area (Å²) in [6, 6.07) is 0. The summed E-state index contributed by atoms with van der Waals surface area (Å²) in [6.07, 6.45) is 0.221. The Morgan fingerprint density at radius 3 is 1.88 bits per heavy atom. The third-order valence-electron chi connectivity index (χ3n) is 0.402. The Kier molecular flexibility index (Phi) is 6.22. The molecular formula is C3H7LiO3S. The second-order valence-electron chi connectivity index (χ2n) is 1.14. The van der Waals surface area contributed by atoms with Crippen molar-refractivity contribution in [3.63, 3.8) is 0 Å². The van der Waals surface area contributed by atoms with Crippen LogP contribution in [0.2, 0.25) is 0 Å². The molecule has 0 aromatic heterocycles. The third-order valence-corrected chi connectivity index (χ3v) is 1.21. The quantitative estimate of drug-likeness (QED) is 0.248. The Morgan fingerprint density at radius 1 is 1.50 bits per heavy atom. The first-order valence-corrected chi connectivity index (χ1v) is 3.41. The summed E-state index contributed by atoms with van der Waals surface area (Å²) in [5.41, 5.74) is 0. The zero-order valence-electron chi connectivity index (χ0n) is 4.79. The molecule has 0 fully saturated rings. The van der Waals surface area contributed by atoms with E-state index in [1.807, 2.05) is 0 Å². The molecule has 44 valence electrons. The summed E-state index contributed by atoms with van der Waals surface area (Å²) in [6.45, 7) is 3.23. The van der Waals surface area contributed by atoms with E-state index in [0.29, 0.717) is 0 Å². The molecule has 0 saturated carbocycles. The van der Waals surface area contributed by atoms with E-state index in [4.69, 9.17) is 4.55 Å². The van der Waals surface area contributed by atoms with Crippen LogP contribution >= 0.6 is 0 Å². The van der Waals surface area contributed by atoms with Crippen LogP contribution in [0.15, 0.2) is 0 Å². The average Bonchev–Trinajstić information content (AvgIpc) is 1.30. The van der Waals surface area contributed by atoms with Crippen LogP contribution in [0.25, 0.3) is 0 Å². The summed E-state index contributed by atoms with van der Waals surface area (Å²) in [5, 5.41) is 0. The van der Waals surface area contributed by atoms with Gasteiger partial charge in [0.15, 0.2) is 0 Å². The van der Waals surface area contributed by atoms with Gasteiger partial charge >= 0.3 is 18.9 Å². The van der Waals surface area contributed by atoms with Crippen LogP contribution in [0.4, 0.5) is 0 Å². The van der Waals surface area contributed by atoms with Crippen molar-refractivity contribution in [2.75, 3.05) is 5.75 Å². The van der Waals surface area contributed by atoms with E-state index in [2.05, 4.69) is 6.92 Å². The molecule has 0 saturated heterocycles. The smallest absolute Gasteiger partial charge is 0.342 e. The molecule has 3 nitrogen and oxygen atoms in total. The summed E-state index contributed by atoms with van der Waals surface area (Å²) in [4.78, 5) is 0. The minimum Gasteiger partial charge on any atom is -0.342 e. The van der Waals surface area contributed by atoms with Crippen LogP contribution < -0.4 is 18.9 Å². The molecule has 0 amide bonds. The summed E-state index contributed by atoms with van der Waals surface area (Å²) >= 11 is 0. The molecule has 0 bridgehead atoms. The van der Waals surface area contributed by atoms with E-state index in [1.54, 1.807) is 0 Å². The predicted octanol–water partition coefficient (Wildman–Crippen LogP) is -2.90. The molecule has 0 rings (SSSR count). The molecule has 1 N–H and O–H groups in total. The standard InChI is InChI=1S/C3H7O3S.Li/c1-2-3-7(4,5)6;/h1-3H2,(H,4,5,6);/q-1;+1. The Labute approximate surface area is 61.4 Å². The Morgan fingerprint density at radius 2 is 1.88 bits per heavy atom. The largest absolute Gasteiger partial charge is 1.00 e. The third kappa shape index (κ3) is 9.72. The average molecular weight is 130 g/mol. The van der Waals surface area contributed by atoms with Crippen LogP contribution in [0, 0.1) is 6.92 Å². The minimum atomic E-state index is -3.74. The van der Waals surface area contributed by atoms with Crippen molar-refractivity contribution in [1.82, 2.24) is 0 Å². The molecule has 0 radical (unpaired) electrons. The normalized spacial score (nSPS) is 10.2. The monoisotopic (exact) mass is 130 g/mol. The van der Waals surface area contributed by atoms with E-state index in [-0.39, 0.29) is 31.0 Å². The summed E-state index contributed by atoms with van der Waals surface area (Å²) in [5.74, 6) is -0.243. The topological polar surface area (TPSA) is 54.4 Å². The molecule has 8 heavy (non-hydrogen) atoms. The van der Waals surface area contributed by atoms with Gasteiger partial charge in [0.05, 0.1) is 0 Å². The fourth-order valence-corrected chi connectivity index (χ4v) is 0.547. The zero-order valence-corrected chi connectivity index (χ0v) is 5.61. The molecule has 0 aromatic carbocycles.